The molecule has 0 radical (unpaired) electrons. The summed E-state index contributed by atoms with van der Waals surface area (Å²) >= 11 is 0. The highest BCUT2D eigenvalue weighted by Crippen LogP contribution is 1.99. The third-order valence-electron chi connectivity index (χ3n) is 2.85. The molecule has 0 aliphatic rings. The maximum atomic E-state index is 10.8. The average Bonchev–Trinajstić information content (AvgIpc) is 2.60. The van der Waals surface area contributed by atoms with Gasteiger partial charge in [0.2, 0.25) is 0 Å². The Morgan fingerprint density at radius 2 is 1.23 bits per heavy atom. The first-order valence-corrected chi connectivity index (χ1v) is 7.96. The number of allylic oxidation sites excluding steroid dienone is 15. The van der Waals surface area contributed by atoms with E-state index in [2.05, 4.69) is 0 Å². The predicted molar refractivity (Wildman–Crippen MR) is 104 cm³/mol. The Balaban J connectivity index is 0. The van der Waals surface area contributed by atoms with Crippen molar-refractivity contribution in [3.05, 3.63) is 96.1 Å². The second-order valence-corrected chi connectivity index (χ2v) is 5.01. The van der Waals surface area contributed by atoms with Crippen molar-refractivity contribution in [3.8, 4) is 0 Å². The molecule has 26 heavy (non-hydrogen) atoms. The van der Waals surface area contributed by atoms with E-state index in [-0.39, 0.29) is 11.5 Å². The molecule has 0 aromatic carbocycles. The van der Waals surface area contributed by atoms with Gasteiger partial charge in [0.1, 0.15) is 6.29 Å². The minimum absolute atomic E-state index is 0.0649. The van der Waals surface area contributed by atoms with Gasteiger partial charge < -0.3 is 10.2 Å². The lowest BCUT2D eigenvalue weighted by molar-refractivity contribution is -0.303. The van der Waals surface area contributed by atoms with E-state index in [0.29, 0.717) is 23.7 Å². The van der Waals surface area contributed by atoms with Crippen molar-refractivity contribution in [2.24, 2.45) is 0 Å². The van der Waals surface area contributed by atoms with Crippen LogP contribution >= 0.6 is 0 Å². The normalized spacial score (nSPS) is 13.9. The Labute approximate surface area is 156 Å². The van der Waals surface area contributed by atoms with E-state index in [1.165, 1.54) is 26.0 Å². The highest BCUT2D eigenvalue weighted by atomic mass is 16.3. The van der Waals surface area contributed by atoms with Crippen molar-refractivity contribution in [1.82, 2.24) is 0 Å². The third-order valence-corrected chi connectivity index (χ3v) is 2.85. The van der Waals surface area contributed by atoms with Gasteiger partial charge in [0.15, 0.2) is 5.78 Å². The van der Waals surface area contributed by atoms with E-state index < -0.39 is 0 Å². The summed E-state index contributed by atoms with van der Waals surface area (Å²) < 4.78 is 0. The first kappa shape index (κ1) is 25.1. The standard InChI is InChI=1S/C13H18O2.C9H10O2/c1-10(12(3)14)8-6-5-7-9-11(2)13(4)15;10-8-6-4-2-1-3-5-7-9-11/h5-9,14H,1-4H3;1-10H/p-2/b7-5?,8-6?,11-9-,12-10-;3-1?,4-2?,7-5-,8-6-. The van der Waals surface area contributed by atoms with Crippen molar-refractivity contribution in [3.63, 3.8) is 0 Å². The second-order valence-electron chi connectivity index (χ2n) is 5.01. The molecule has 0 rings (SSSR count). The lowest BCUT2D eigenvalue weighted by Gasteiger charge is -2.05. The van der Waals surface area contributed by atoms with Crippen molar-refractivity contribution >= 4 is 12.1 Å². The van der Waals surface area contributed by atoms with E-state index in [9.17, 15) is 19.8 Å². The van der Waals surface area contributed by atoms with Crippen LogP contribution in [0.4, 0.5) is 0 Å². The summed E-state index contributed by atoms with van der Waals surface area (Å²) in [5.41, 5.74) is 1.43. The number of carbonyl (C=O) groups is 2. The zero-order chi connectivity index (χ0) is 20.2. The van der Waals surface area contributed by atoms with Crippen LogP contribution in [0.3, 0.4) is 0 Å². The lowest BCUT2D eigenvalue weighted by atomic mass is 10.2. The van der Waals surface area contributed by atoms with Crippen LogP contribution in [0.2, 0.25) is 0 Å². The van der Waals surface area contributed by atoms with Gasteiger partial charge in [0.25, 0.3) is 0 Å². The zero-order valence-electron chi connectivity index (χ0n) is 15.7. The van der Waals surface area contributed by atoms with Crippen LogP contribution in [0.15, 0.2) is 96.1 Å². The molecule has 0 aliphatic heterocycles. The number of aldehydes is 1. The van der Waals surface area contributed by atoms with E-state index >= 15 is 0 Å². The van der Waals surface area contributed by atoms with Crippen molar-refractivity contribution in [2.75, 3.05) is 0 Å². The molecule has 0 fully saturated rings. The van der Waals surface area contributed by atoms with Crippen LogP contribution in [-0.4, -0.2) is 12.1 Å². The van der Waals surface area contributed by atoms with Gasteiger partial charge in [-0.15, -0.1) is 12.0 Å². The minimum Gasteiger partial charge on any atom is -0.878 e. The molecular formula is C22H26O4-2. The third kappa shape index (κ3) is 18.9. The van der Waals surface area contributed by atoms with Gasteiger partial charge in [0.05, 0.1) is 0 Å². The van der Waals surface area contributed by atoms with E-state index in [1.54, 1.807) is 74.6 Å². The number of Topliss-reactive ketones (excluding diaryl/α,β-unsaturated/α-hetero) is 1. The number of rotatable bonds is 8. The number of hydrogen-bond donors (Lipinski definition) is 0. The van der Waals surface area contributed by atoms with Crippen LogP contribution in [0.25, 0.3) is 0 Å². The molecule has 0 bridgehead atoms. The summed E-state index contributed by atoms with van der Waals surface area (Å²) in [6.45, 7) is 6.60. The van der Waals surface area contributed by atoms with Gasteiger partial charge in [-0.3, -0.25) is 9.59 Å². The molecule has 0 saturated carbocycles. The van der Waals surface area contributed by atoms with Gasteiger partial charge in [-0.25, -0.2) is 0 Å². The molecule has 0 aliphatic carbocycles. The maximum absolute atomic E-state index is 10.8. The second kappa shape index (κ2) is 18.2. The zero-order valence-corrected chi connectivity index (χ0v) is 15.7. The quantitative estimate of drug-likeness (QED) is 0.290. The Morgan fingerprint density at radius 1 is 0.731 bits per heavy atom. The summed E-state index contributed by atoms with van der Waals surface area (Å²) in [5.74, 6) is 0.130. The van der Waals surface area contributed by atoms with Crippen molar-refractivity contribution in [1.29, 1.82) is 0 Å². The maximum Gasteiger partial charge on any atom is 0.155 e. The summed E-state index contributed by atoms with van der Waals surface area (Å²) in [5, 5.41) is 20.6. The molecule has 4 heteroatoms. The molecular weight excluding hydrogens is 328 g/mol. The van der Waals surface area contributed by atoms with Gasteiger partial charge in [-0.05, 0) is 32.4 Å². The molecule has 0 unspecified atom stereocenters. The van der Waals surface area contributed by atoms with Crippen LogP contribution < -0.4 is 10.2 Å². The smallest absolute Gasteiger partial charge is 0.155 e. The Bertz CT molecular complexity index is 648. The SMILES string of the molecule is CC(=O)/C(C)=C\C=CC=C/C(C)=C(/C)[O-].O=C/C=C\C=CC=C/C=C\[O-]. The monoisotopic (exact) mass is 354 g/mol. The van der Waals surface area contributed by atoms with Gasteiger partial charge in [-0.1, -0.05) is 79.3 Å². The molecule has 0 heterocycles. The van der Waals surface area contributed by atoms with Gasteiger partial charge in [-0.2, -0.15) is 0 Å². The number of ketones is 1. The number of hydrogen-bond acceptors (Lipinski definition) is 4. The van der Waals surface area contributed by atoms with Crippen LogP contribution in [0.1, 0.15) is 27.7 Å². The Hall–Kier alpha value is -3.14. The average molecular weight is 354 g/mol. The predicted octanol–water partition coefficient (Wildman–Crippen LogP) is 3.02. The van der Waals surface area contributed by atoms with Crippen molar-refractivity contribution < 1.29 is 19.8 Å². The lowest BCUT2D eigenvalue weighted by Crippen LogP contribution is -1.99. The summed E-state index contributed by atoms with van der Waals surface area (Å²) in [4.78, 5) is 20.6. The van der Waals surface area contributed by atoms with Crippen LogP contribution in [-0.2, 0) is 9.59 Å². The first-order chi connectivity index (χ1) is 12.4. The molecule has 0 aromatic rings. The highest BCUT2D eigenvalue weighted by molar-refractivity contribution is 5.92. The molecule has 0 amide bonds. The summed E-state index contributed by atoms with van der Waals surface area (Å²) in [7, 11) is 0. The molecule has 0 saturated heterocycles. The largest absolute Gasteiger partial charge is 0.878 e. The van der Waals surface area contributed by atoms with Crippen molar-refractivity contribution in [2.45, 2.75) is 27.7 Å². The van der Waals surface area contributed by atoms with Crippen LogP contribution in [0.5, 0.6) is 0 Å². The van der Waals surface area contributed by atoms with Crippen LogP contribution in [0, 0.1) is 0 Å². The molecule has 4 nitrogen and oxygen atoms in total. The fourth-order valence-electron chi connectivity index (χ4n) is 1.11. The molecule has 140 valence electrons. The summed E-state index contributed by atoms with van der Waals surface area (Å²) in [6, 6.07) is 0. The van der Waals surface area contributed by atoms with Gasteiger partial charge in [0, 0.05) is 0 Å². The van der Waals surface area contributed by atoms with Gasteiger partial charge >= 0.3 is 0 Å². The fraction of sp³-hybridized carbons (Fsp3) is 0.182. The molecule has 0 spiro atoms. The van der Waals surface area contributed by atoms with E-state index in [1.807, 2.05) is 0 Å². The minimum atomic E-state index is 0.0649. The Kier molecular flexibility index (Phi) is 17.6. The van der Waals surface area contributed by atoms with E-state index in [4.69, 9.17) is 0 Å². The summed E-state index contributed by atoms with van der Waals surface area (Å²) in [6.07, 6.45) is 21.3. The Morgan fingerprint density at radius 3 is 1.69 bits per heavy atom. The molecule has 0 aromatic heterocycles. The van der Waals surface area contributed by atoms with E-state index in [0.717, 1.165) is 0 Å². The first-order valence-electron chi connectivity index (χ1n) is 7.96. The topological polar surface area (TPSA) is 80.3 Å². The fourth-order valence-corrected chi connectivity index (χ4v) is 1.11. The number of carbonyl (C=O) groups excluding carboxylic acids is 2. The highest BCUT2D eigenvalue weighted by Gasteiger charge is 1.90. The molecule has 0 N–H and O–H groups in total. The molecule has 0 atom stereocenters.